The van der Waals surface area contributed by atoms with Gasteiger partial charge in [0.2, 0.25) is 5.91 Å². The maximum Gasteiger partial charge on any atom is 0.273 e. The van der Waals surface area contributed by atoms with Crippen molar-refractivity contribution in [3.8, 4) is 0 Å². The van der Waals surface area contributed by atoms with E-state index in [4.69, 9.17) is 0 Å². The second-order valence-corrected chi connectivity index (χ2v) is 6.66. The first-order valence-electron chi connectivity index (χ1n) is 9.05. The molecule has 28 heavy (non-hydrogen) atoms. The molecule has 0 saturated carbocycles. The highest BCUT2D eigenvalue weighted by Crippen LogP contribution is 2.21. The first-order chi connectivity index (χ1) is 12.9. The van der Waals surface area contributed by atoms with Gasteiger partial charge in [0.05, 0.1) is 11.8 Å². The van der Waals surface area contributed by atoms with Gasteiger partial charge in [0.1, 0.15) is 0 Å². The first-order valence-corrected chi connectivity index (χ1v) is 9.05. The van der Waals surface area contributed by atoms with Gasteiger partial charge in [0.25, 0.3) is 5.56 Å². The molecule has 8 heteroatoms. The van der Waals surface area contributed by atoms with Crippen LogP contribution in [0.3, 0.4) is 0 Å². The molecule has 3 aromatic rings. The first kappa shape index (κ1) is 21.7. The van der Waals surface area contributed by atoms with Crippen LogP contribution in [0, 0.1) is 13.8 Å². The number of nitrogens with one attached hydrogen (secondary N) is 3. The molecule has 0 radical (unpaired) electrons. The second kappa shape index (κ2) is 9.03. The fourth-order valence-electron chi connectivity index (χ4n) is 3.32. The summed E-state index contributed by atoms with van der Waals surface area (Å²) in [7, 11) is 1.75. The van der Waals surface area contributed by atoms with Crippen LogP contribution in [-0.4, -0.2) is 27.2 Å². The monoisotopic (exact) mass is 403 g/mol. The van der Waals surface area contributed by atoms with Gasteiger partial charge in [-0.3, -0.25) is 19.4 Å². The third-order valence-corrected chi connectivity index (χ3v) is 4.77. The zero-order chi connectivity index (χ0) is 19.6. The number of hydrogen-bond acceptors (Lipinski definition) is 4. The summed E-state index contributed by atoms with van der Waals surface area (Å²) in [6, 6.07) is 7.74. The predicted molar refractivity (Wildman–Crippen MR) is 114 cm³/mol. The Morgan fingerprint density at radius 1 is 1.25 bits per heavy atom. The van der Waals surface area contributed by atoms with E-state index < -0.39 is 0 Å². The molecule has 0 aliphatic rings. The van der Waals surface area contributed by atoms with Gasteiger partial charge in [0.15, 0.2) is 5.65 Å². The highest BCUT2D eigenvalue weighted by atomic mass is 35.5. The molecule has 7 nitrogen and oxygen atoms in total. The average Bonchev–Trinajstić information content (AvgIpc) is 2.91. The molecule has 3 N–H and O–H groups in total. The third-order valence-electron chi connectivity index (χ3n) is 4.77. The zero-order valence-electron chi connectivity index (χ0n) is 16.5. The molecule has 1 amide bonds. The van der Waals surface area contributed by atoms with Crippen molar-refractivity contribution in [2.24, 2.45) is 7.05 Å². The highest BCUT2D eigenvalue weighted by Gasteiger charge is 2.17. The van der Waals surface area contributed by atoms with E-state index in [0.29, 0.717) is 17.6 Å². The van der Waals surface area contributed by atoms with Crippen molar-refractivity contribution in [3.63, 3.8) is 0 Å². The number of nitrogens with zero attached hydrogens (tertiary/aromatic N) is 2. The van der Waals surface area contributed by atoms with Crippen molar-refractivity contribution in [2.75, 3.05) is 11.9 Å². The minimum atomic E-state index is -0.185. The summed E-state index contributed by atoms with van der Waals surface area (Å²) in [5, 5.41) is 9.53. The van der Waals surface area contributed by atoms with E-state index in [1.165, 1.54) is 0 Å². The van der Waals surface area contributed by atoms with Gasteiger partial charge in [-0.05, 0) is 43.1 Å². The third kappa shape index (κ3) is 4.26. The number of para-hydroxylation sites is 1. The lowest BCUT2D eigenvalue weighted by molar-refractivity contribution is -0.115. The SMILES string of the molecule is CCNCc1ccccc1NC(=O)Cc1c(C)nc2c(c1C)c(=O)[nH]n2C.Cl. The summed E-state index contributed by atoms with van der Waals surface area (Å²) >= 11 is 0. The van der Waals surface area contributed by atoms with E-state index in [-0.39, 0.29) is 30.3 Å². The summed E-state index contributed by atoms with van der Waals surface area (Å²) in [4.78, 5) is 29.4. The van der Waals surface area contributed by atoms with E-state index in [0.717, 1.165) is 34.6 Å². The van der Waals surface area contributed by atoms with E-state index in [1.54, 1.807) is 11.7 Å². The Bertz CT molecular complexity index is 1050. The van der Waals surface area contributed by atoms with Gasteiger partial charge in [-0.25, -0.2) is 4.98 Å². The molecule has 3 rings (SSSR count). The number of pyridine rings is 1. The number of fused-ring (bicyclic) bond motifs is 1. The Balaban J connectivity index is 0.00000280. The zero-order valence-corrected chi connectivity index (χ0v) is 17.4. The largest absolute Gasteiger partial charge is 0.325 e. The number of carbonyl (C=O) groups is 1. The molecule has 0 fully saturated rings. The lowest BCUT2D eigenvalue weighted by Crippen LogP contribution is -2.19. The van der Waals surface area contributed by atoms with Crippen LogP contribution in [0.15, 0.2) is 29.1 Å². The average molecular weight is 404 g/mol. The number of aryl methyl sites for hydroxylation is 3. The molecule has 0 aliphatic heterocycles. The van der Waals surface area contributed by atoms with Crippen molar-refractivity contribution in [1.29, 1.82) is 0 Å². The molecule has 0 spiro atoms. The summed E-state index contributed by atoms with van der Waals surface area (Å²) in [6.45, 7) is 7.33. The number of anilines is 1. The lowest BCUT2D eigenvalue weighted by atomic mass is 10.0. The Morgan fingerprint density at radius 3 is 2.68 bits per heavy atom. The van der Waals surface area contributed by atoms with E-state index in [9.17, 15) is 9.59 Å². The number of hydrogen-bond donors (Lipinski definition) is 3. The summed E-state index contributed by atoms with van der Waals surface area (Å²) in [5.74, 6) is -0.126. The summed E-state index contributed by atoms with van der Waals surface area (Å²) < 4.78 is 1.61. The van der Waals surface area contributed by atoms with Crippen LogP contribution in [0.4, 0.5) is 5.69 Å². The van der Waals surface area contributed by atoms with Crippen molar-refractivity contribution >= 4 is 35.0 Å². The molecule has 2 heterocycles. The number of amides is 1. The standard InChI is InChI=1S/C20H25N5O2.ClH/c1-5-21-11-14-8-6-7-9-16(14)23-17(26)10-15-12(2)18-19(22-13(15)3)25(4)24-20(18)27;/h6-9,21H,5,10-11H2,1-4H3,(H,23,26)(H,24,27);1H. The summed E-state index contributed by atoms with van der Waals surface area (Å²) in [5.41, 5.74) is 4.60. The molecule has 0 saturated heterocycles. The maximum absolute atomic E-state index is 12.7. The van der Waals surface area contributed by atoms with Crippen molar-refractivity contribution in [2.45, 2.75) is 33.7 Å². The second-order valence-electron chi connectivity index (χ2n) is 6.66. The Hall–Kier alpha value is -2.64. The molecule has 0 atom stereocenters. The molecule has 1 aromatic carbocycles. The van der Waals surface area contributed by atoms with Gasteiger partial charge >= 0.3 is 0 Å². The Morgan fingerprint density at radius 2 is 1.96 bits per heavy atom. The van der Waals surface area contributed by atoms with Crippen LogP contribution in [0.25, 0.3) is 11.0 Å². The van der Waals surface area contributed by atoms with Crippen molar-refractivity contribution < 1.29 is 4.79 Å². The van der Waals surface area contributed by atoms with Gasteiger partial charge in [0, 0.05) is 25.0 Å². The number of rotatable bonds is 6. The number of carbonyl (C=O) groups excluding carboxylic acids is 1. The quantitative estimate of drug-likeness (QED) is 0.590. The molecular weight excluding hydrogens is 378 g/mol. The topological polar surface area (TPSA) is 91.8 Å². The maximum atomic E-state index is 12.7. The fourth-order valence-corrected chi connectivity index (χ4v) is 3.32. The van der Waals surface area contributed by atoms with Gasteiger partial charge < -0.3 is 10.6 Å². The molecule has 2 aromatic heterocycles. The fraction of sp³-hybridized carbons (Fsp3) is 0.350. The molecular formula is C20H26ClN5O2. The minimum absolute atomic E-state index is 0. The number of benzene rings is 1. The van der Waals surface area contributed by atoms with Crippen LogP contribution in [0.1, 0.15) is 29.3 Å². The van der Waals surface area contributed by atoms with Crippen LogP contribution in [-0.2, 0) is 24.8 Å². The van der Waals surface area contributed by atoms with Crippen molar-refractivity contribution in [1.82, 2.24) is 20.1 Å². The van der Waals surface area contributed by atoms with Gasteiger partial charge in [-0.1, -0.05) is 25.1 Å². The lowest BCUT2D eigenvalue weighted by Gasteiger charge is -2.13. The van der Waals surface area contributed by atoms with E-state index >= 15 is 0 Å². The van der Waals surface area contributed by atoms with Crippen LogP contribution in [0.5, 0.6) is 0 Å². The van der Waals surface area contributed by atoms with Gasteiger partial charge in [-0.15, -0.1) is 12.4 Å². The van der Waals surface area contributed by atoms with E-state index in [2.05, 4.69) is 20.7 Å². The van der Waals surface area contributed by atoms with Crippen LogP contribution in [0.2, 0.25) is 0 Å². The minimum Gasteiger partial charge on any atom is -0.325 e. The Labute approximate surface area is 169 Å². The number of aromatic amines is 1. The normalized spacial score (nSPS) is 10.7. The molecule has 0 bridgehead atoms. The van der Waals surface area contributed by atoms with Gasteiger partial charge in [-0.2, -0.15) is 0 Å². The smallest absolute Gasteiger partial charge is 0.273 e. The van der Waals surface area contributed by atoms with E-state index in [1.807, 2.05) is 45.0 Å². The van der Waals surface area contributed by atoms with Crippen LogP contribution >= 0.6 is 12.4 Å². The molecule has 0 aliphatic carbocycles. The molecule has 150 valence electrons. The highest BCUT2D eigenvalue weighted by molar-refractivity contribution is 5.94. The van der Waals surface area contributed by atoms with Crippen molar-refractivity contribution in [3.05, 3.63) is 57.0 Å². The number of H-pyrrole nitrogens is 1. The predicted octanol–water partition coefficient (Wildman–Crippen LogP) is 2.59. The number of aromatic nitrogens is 3. The summed E-state index contributed by atoms with van der Waals surface area (Å²) in [6.07, 6.45) is 0.171. The number of halogens is 1. The van der Waals surface area contributed by atoms with Crippen LogP contribution < -0.4 is 16.2 Å². The Kier molecular flexibility index (Phi) is 6.99. The molecule has 0 unspecified atom stereocenters.